The SMILES string of the molecule is c1ccc(-c2cccc(-c3nc(-c4ccccc4)cc(-c4cccc(-c5ccc(-c6nc7ccccc7c7c6ccc6ccccc67)cc5)c4)n3)c2)cc1. The van der Waals surface area contributed by atoms with Gasteiger partial charge in [0.15, 0.2) is 5.82 Å². The maximum atomic E-state index is 5.21. The van der Waals surface area contributed by atoms with Gasteiger partial charge >= 0.3 is 0 Å². The fourth-order valence-electron chi connectivity index (χ4n) is 7.57. The average Bonchev–Trinajstić information content (AvgIpc) is 3.26. The number of hydrogen-bond donors (Lipinski definition) is 0. The van der Waals surface area contributed by atoms with Gasteiger partial charge in [0.25, 0.3) is 0 Å². The van der Waals surface area contributed by atoms with E-state index in [0.29, 0.717) is 5.82 Å². The molecule has 2 aromatic heterocycles. The first-order valence-electron chi connectivity index (χ1n) is 18.3. The van der Waals surface area contributed by atoms with Gasteiger partial charge in [-0.2, -0.15) is 0 Å². The molecule has 0 saturated heterocycles. The number of fused-ring (bicyclic) bond motifs is 5. The zero-order valence-corrected chi connectivity index (χ0v) is 29.4. The van der Waals surface area contributed by atoms with Gasteiger partial charge in [-0.3, -0.25) is 0 Å². The number of nitrogens with zero attached hydrogens (tertiary/aromatic N) is 3. The Labute approximate surface area is 313 Å². The van der Waals surface area contributed by atoms with E-state index in [9.17, 15) is 0 Å². The van der Waals surface area contributed by atoms with Gasteiger partial charge in [0.2, 0.25) is 0 Å². The lowest BCUT2D eigenvalue weighted by atomic mass is 9.94. The highest BCUT2D eigenvalue weighted by molar-refractivity contribution is 6.22. The number of rotatable bonds is 6. The Hall–Kier alpha value is -7.23. The van der Waals surface area contributed by atoms with Crippen LogP contribution in [0.15, 0.2) is 200 Å². The van der Waals surface area contributed by atoms with Gasteiger partial charge in [-0.25, -0.2) is 15.0 Å². The Morgan fingerprint density at radius 1 is 0.278 bits per heavy atom. The highest BCUT2D eigenvalue weighted by Gasteiger charge is 2.15. The van der Waals surface area contributed by atoms with Crippen molar-refractivity contribution in [1.29, 1.82) is 0 Å². The molecule has 2 heterocycles. The van der Waals surface area contributed by atoms with Crippen LogP contribution < -0.4 is 0 Å². The van der Waals surface area contributed by atoms with Crippen molar-refractivity contribution in [2.75, 3.05) is 0 Å². The molecule has 8 aromatic carbocycles. The molecular weight excluding hydrogens is 655 g/mol. The maximum Gasteiger partial charge on any atom is 0.160 e. The van der Waals surface area contributed by atoms with Crippen molar-refractivity contribution in [3.8, 4) is 67.4 Å². The summed E-state index contributed by atoms with van der Waals surface area (Å²) >= 11 is 0. The molecule has 0 aliphatic carbocycles. The lowest BCUT2D eigenvalue weighted by Crippen LogP contribution is -1.96. The lowest BCUT2D eigenvalue weighted by Gasteiger charge is -2.13. The molecule has 0 atom stereocenters. The van der Waals surface area contributed by atoms with Crippen LogP contribution in [0.1, 0.15) is 0 Å². The molecule has 0 aliphatic rings. The first-order valence-corrected chi connectivity index (χ1v) is 18.3. The van der Waals surface area contributed by atoms with E-state index in [4.69, 9.17) is 15.0 Å². The summed E-state index contributed by atoms with van der Waals surface area (Å²) in [6, 6.07) is 70.3. The molecule has 3 nitrogen and oxygen atoms in total. The summed E-state index contributed by atoms with van der Waals surface area (Å²) in [5, 5.41) is 6.06. The van der Waals surface area contributed by atoms with E-state index < -0.39 is 0 Å². The minimum Gasteiger partial charge on any atom is -0.247 e. The van der Waals surface area contributed by atoms with Crippen LogP contribution in [0.2, 0.25) is 0 Å². The smallest absolute Gasteiger partial charge is 0.160 e. The van der Waals surface area contributed by atoms with E-state index in [2.05, 4.69) is 188 Å². The molecule has 0 N–H and O–H groups in total. The lowest BCUT2D eigenvalue weighted by molar-refractivity contribution is 1.18. The second-order valence-corrected chi connectivity index (χ2v) is 13.6. The Morgan fingerprint density at radius 2 is 0.815 bits per heavy atom. The molecule has 252 valence electrons. The average molecular weight is 688 g/mol. The highest BCUT2D eigenvalue weighted by Crippen LogP contribution is 2.38. The van der Waals surface area contributed by atoms with Crippen LogP contribution in [0.25, 0.3) is 99.9 Å². The van der Waals surface area contributed by atoms with Crippen LogP contribution in [-0.2, 0) is 0 Å². The van der Waals surface area contributed by atoms with E-state index in [1.54, 1.807) is 0 Å². The Bertz CT molecular complexity index is 2960. The molecule has 10 rings (SSSR count). The molecule has 54 heavy (non-hydrogen) atoms. The van der Waals surface area contributed by atoms with E-state index >= 15 is 0 Å². The summed E-state index contributed by atoms with van der Waals surface area (Å²) in [4.78, 5) is 15.5. The van der Waals surface area contributed by atoms with E-state index in [0.717, 1.165) is 72.5 Å². The maximum absolute atomic E-state index is 5.21. The van der Waals surface area contributed by atoms with Crippen molar-refractivity contribution in [1.82, 2.24) is 15.0 Å². The first-order chi connectivity index (χ1) is 26.7. The summed E-state index contributed by atoms with van der Waals surface area (Å²) in [5.74, 6) is 0.696. The number of pyridine rings is 1. The van der Waals surface area contributed by atoms with Crippen LogP contribution >= 0.6 is 0 Å². The van der Waals surface area contributed by atoms with Gasteiger partial charge in [-0.1, -0.05) is 176 Å². The summed E-state index contributed by atoms with van der Waals surface area (Å²) in [7, 11) is 0. The Balaban J connectivity index is 1.05. The molecule has 0 bridgehead atoms. The van der Waals surface area contributed by atoms with Crippen LogP contribution in [0.3, 0.4) is 0 Å². The van der Waals surface area contributed by atoms with Crippen LogP contribution in [0.4, 0.5) is 0 Å². The largest absolute Gasteiger partial charge is 0.247 e. The van der Waals surface area contributed by atoms with Gasteiger partial charge in [0, 0.05) is 38.4 Å². The van der Waals surface area contributed by atoms with Gasteiger partial charge in [-0.15, -0.1) is 0 Å². The van der Waals surface area contributed by atoms with Crippen molar-refractivity contribution in [2.24, 2.45) is 0 Å². The zero-order valence-electron chi connectivity index (χ0n) is 29.4. The van der Waals surface area contributed by atoms with Crippen molar-refractivity contribution in [3.63, 3.8) is 0 Å². The van der Waals surface area contributed by atoms with Crippen LogP contribution in [0, 0.1) is 0 Å². The topological polar surface area (TPSA) is 38.7 Å². The third-order valence-corrected chi connectivity index (χ3v) is 10.3. The molecule has 10 aromatic rings. The third kappa shape index (κ3) is 5.78. The van der Waals surface area contributed by atoms with Gasteiger partial charge < -0.3 is 0 Å². The monoisotopic (exact) mass is 687 g/mol. The summed E-state index contributed by atoms with van der Waals surface area (Å²) in [6.45, 7) is 0. The summed E-state index contributed by atoms with van der Waals surface area (Å²) in [5.41, 5.74) is 12.5. The van der Waals surface area contributed by atoms with E-state index in [1.807, 2.05) is 12.1 Å². The summed E-state index contributed by atoms with van der Waals surface area (Å²) in [6.07, 6.45) is 0. The van der Waals surface area contributed by atoms with Gasteiger partial charge in [0.1, 0.15) is 0 Å². The predicted molar refractivity (Wildman–Crippen MR) is 225 cm³/mol. The van der Waals surface area contributed by atoms with Crippen LogP contribution in [0.5, 0.6) is 0 Å². The molecule has 0 fully saturated rings. The predicted octanol–water partition coefficient (Wildman–Crippen LogP) is 13.3. The van der Waals surface area contributed by atoms with Gasteiger partial charge in [-0.05, 0) is 57.3 Å². The molecule has 3 heteroatoms. The highest BCUT2D eigenvalue weighted by atomic mass is 14.9. The van der Waals surface area contributed by atoms with Crippen molar-refractivity contribution >= 4 is 32.4 Å². The molecule has 0 amide bonds. The minimum absolute atomic E-state index is 0.696. The number of para-hydroxylation sites is 1. The minimum atomic E-state index is 0.696. The third-order valence-electron chi connectivity index (χ3n) is 10.3. The second-order valence-electron chi connectivity index (χ2n) is 13.6. The van der Waals surface area contributed by atoms with Crippen LogP contribution in [-0.4, -0.2) is 15.0 Å². The molecular formula is C51H33N3. The fourth-order valence-corrected chi connectivity index (χ4v) is 7.57. The first kappa shape index (κ1) is 31.5. The van der Waals surface area contributed by atoms with E-state index in [1.165, 1.54) is 21.5 Å². The zero-order chi connectivity index (χ0) is 35.8. The molecule has 0 radical (unpaired) electrons. The Morgan fingerprint density at radius 3 is 1.57 bits per heavy atom. The van der Waals surface area contributed by atoms with E-state index in [-0.39, 0.29) is 0 Å². The van der Waals surface area contributed by atoms with Crippen molar-refractivity contribution in [2.45, 2.75) is 0 Å². The second kappa shape index (κ2) is 13.4. The van der Waals surface area contributed by atoms with Gasteiger partial charge in [0.05, 0.1) is 22.6 Å². The normalized spacial score (nSPS) is 11.3. The molecule has 0 spiro atoms. The quantitative estimate of drug-likeness (QED) is 0.163. The molecule has 0 unspecified atom stereocenters. The molecule has 0 aliphatic heterocycles. The standard InChI is InChI=1S/C51H33N3/c1-3-13-34(14-4-1)40-19-12-21-42(32-40)51-53-47(37-16-5-2-6-17-37)33-48(54-51)41-20-11-18-39(31-41)35-25-27-38(28-26-35)50-45-30-29-36-15-7-8-22-43(36)49(45)44-23-9-10-24-46(44)52-50/h1-33H. The Kier molecular flexibility index (Phi) is 7.81. The number of benzene rings is 8. The molecule has 0 saturated carbocycles. The van der Waals surface area contributed by atoms with Crippen molar-refractivity contribution < 1.29 is 0 Å². The fraction of sp³-hybridized carbons (Fsp3) is 0. The van der Waals surface area contributed by atoms with Crippen molar-refractivity contribution in [3.05, 3.63) is 200 Å². The number of aromatic nitrogens is 3. The summed E-state index contributed by atoms with van der Waals surface area (Å²) < 4.78 is 0. The number of hydrogen-bond acceptors (Lipinski definition) is 3.